The number of rotatable bonds is 5. The first-order valence-electron chi connectivity index (χ1n) is 11.2. The van der Waals surface area contributed by atoms with Gasteiger partial charge in [0.1, 0.15) is 22.9 Å². The van der Waals surface area contributed by atoms with E-state index in [0.717, 1.165) is 86.3 Å². The van der Waals surface area contributed by atoms with Crippen LogP contribution < -0.4 is 4.74 Å². The van der Waals surface area contributed by atoms with Crippen molar-refractivity contribution < 1.29 is 14.2 Å². The van der Waals surface area contributed by atoms with E-state index in [1.165, 1.54) is 6.42 Å². The Bertz CT molecular complexity index is 1020. The minimum absolute atomic E-state index is 0.136. The SMILES string of the molecule is O=C(c1ccc(OC2CCN(Cc3cccc4nonc34)CC2)cc1)N1CCCCC1. The van der Waals surface area contributed by atoms with E-state index >= 15 is 0 Å². The molecule has 162 valence electrons. The van der Waals surface area contributed by atoms with Crippen molar-refractivity contribution in [3.05, 3.63) is 53.6 Å². The van der Waals surface area contributed by atoms with Gasteiger partial charge in [-0.05, 0) is 78.3 Å². The smallest absolute Gasteiger partial charge is 0.253 e. The zero-order valence-corrected chi connectivity index (χ0v) is 17.7. The molecule has 0 spiro atoms. The topological polar surface area (TPSA) is 71.7 Å². The maximum atomic E-state index is 12.6. The highest BCUT2D eigenvalue weighted by Crippen LogP contribution is 2.23. The quantitative estimate of drug-likeness (QED) is 0.624. The van der Waals surface area contributed by atoms with Crippen molar-refractivity contribution in [2.45, 2.75) is 44.8 Å². The maximum Gasteiger partial charge on any atom is 0.253 e. The average molecular weight is 421 g/mol. The van der Waals surface area contributed by atoms with E-state index in [-0.39, 0.29) is 12.0 Å². The van der Waals surface area contributed by atoms with Crippen molar-refractivity contribution in [2.75, 3.05) is 26.2 Å². The second kappa shape index (κ2) is 9.06. The number of amides is 1. The van der Waals surface area contributed by atoms with Gasteiger partial charge in [0.05, 0.1) is 0 Å². The first-order chi connectivity index (χ1) is 15.3. The van der Waals surface area contributed by atoms with Gasteiger partial charge in [-0.3, -0.25) is 9.69 Å². The van der Waals surface area contributed by atoms with Crippen LogP contribution in [0.5, 0.6) is 5.75 Å². The average Bonchev–Trinajstić information content (AvgIpc) is 3.31. The van der Waals surface area contributed by atoms with Crippen LogP contribution in [0, 0.1) is 0 Å². The lowest BCUT2D eigenvalue weighted by Crippen LogP contribution is -2.37. The fourth-order valence-electron chi connectivity index (χ4n) is 4.56. The summed E-state index contributed by atoms with van der Waals surface area (Å²) in [7, 11) is 0. The normalized spacial score (nSPS) is 18.4. The fraction of sp³-hybridized carbons (Fsp3) is 0.458. The molecule has 2 aliphatic rings. The van der Waals surface area contributed by atoms with Crippen LogP contribution in [-0.2, 0) is 6.54 Å². The number of fused-ring (bicyclic) bond motifs is 1. The summed E-state index contributed by atoms with van der Waals surface area (Å²) >= 11 is 0. The number of benzene rings is 2. The molecular weight excluding hydrogens is 392 g/mol. The first-order valence-corrected chi connectivity index (χ1v) is 11.2. The van der Waals surface area contributed by atoms with Crippen LogP contribution in [0.15, 0.2) is 47.1 Å². The van der Waals surface area contributed by atoms with Crippen molar-refractivity contribution in [3.63, 3.8) is 0 Å². The van der Waals surface area contributed by atoms with Crippen molar-refractivity contribution in [3.8, 4) is 5.75 Å². The lowest BCUT2D eigenvalue weighted by molar-refractivity contribution is 0.0724. The molecule has 0 saturated carbocycles. The molecule has 3 aromatic rings. The third-order valence-electron chi connectivity index (χ3n) is 6.35. The maximum absolute atomic E-state index is 12.6. The molecule has 5 rings (SSSR count). The highest BCUT2D eigenvalue weighted by Gasteiger charge is 2.22. The highest BCUT2D eigenvalue weighted by atomic mass is 16.6. The second-order valence-corrected chi connectivity index (χ2v) is 8.52. The Labute approximate surface area is 181 Å². The van der Waals surface area contributed by atoms with E-state index in [1.807, 2.05) is 41.3 Å². The number of nitrogens with zero attached hydrogens (tertiary/aromatic N) is 4. The van der Waals surface area contributed by atoms with Gasteiger partial charge < -0.3 is 9.64 Å². The second-order valence-electron chi connectivity index (χ2n) is 8.52. The summed E-state index contributed by atoms with van der Waals surface area (Å²) in [5.41, 5.74) is 3.55. The van der Waals surface area contributed by atoms with E-state index in [0.29, 0.717) is 0 Å². The van der Waals surface area contributed by atoms with Gasteiger partial charge in [0.2, 0.25) is 0 Å². The highest BCUT2D eigenvalue weighted by molar-refractivity contribution is 5.94. The van der Waals surface area contributed by atoms with Crippen LogP contribution in [0.1, 0.15) is 48.0 Å². The lowest BCUT2D eigenvalue weighted by Gasteiger charge is -2.32. The van der Waals surface area contributed by atoms with Gasteiger partial charge in [0.25, 0.3) is 5.91 Å². The number of ether oxygens (including phenoxy) is 1. The van der Waals surface area contributed by atoms with Gasteiger partial charge in [-0.2, -0.15) is 0 Å². The number of carbonyl (C=O) groups excluding carboxylic acids is 1. The number of hydrogen-bond donors (Lipinski definition) is 0. The predicted molar refractivity (Wildman–Crippen MR) is 117 cm³/mol. The molecule has 31 heavy (non-hydrogen) atoms. The van der Waals surface area contributed by atoms with Crippen LogP contribution in [0.25, 0.3) is 11.0 Å². The van der Waals surface area contributed by atoms with E-state index in [9.17, 15) is 4.79 Å². The number of piperidine rings is 2. The van der Waals surface area contributed by atoms with E-state index < -0.39 is 0 Å². The summed E-state index contributed by atoms with van der Waals surface area (Å²) in [6, 6.07) is 13.7. The largest absolute Gasteiger partial charge is 0.490 e. The van der Waals surface area contributed by atoms with Crippen LogP contribution in [0.2, 0.25) is 0 Å². The monoisotopic (exact) mass is 420 g/mol. The molecule has 0 radical (unpaired) electrons. The summed E-state index contributed by atoms with van der Waals surface area (Å²) < 4.78 is 11.1. The van der Waals surface area contributed by atoms with E-state index in [2.05, 4.69) is 21.3 Å². The van der Waals surface area contributed by atoms with Crippen molar-refractivity contribution in [1.29, 1.82) is 0 Å². The standard InChI is InChI=1S/C24H28N4O3/c29-24(28-13-2-1-3-14-28)18-7-9-20(10-8-18)30-21-11-15-27(16-12-21)17-19-5-4-6-22-23(19)26-31-25-22/h4-10,21H,1-3,11-17H2. The first kappa shape index (κ1) is 20.0. The Hall–Kier alpha value is -2.93. The number of carbonyl (C=O) groups is 1. The van der Waals surface area contributed by atoms with Crippen molar-refractivity contribution >= 4 is 16.9 Å². The van der Waals surface area contributed by atoms with Gasteiger partial charge >= 0.3 is 0 Å². The summed E-state index contributed by atoms with van der Waals surface area (Å²) in [4.78, 5) is 17.0. The van der Waals surface area contributed by atoms with Crippen LogP contribution in [0.4, 0.5) is 0 Å². The molecule has 0 aliphatic carbocycles. The predicted octanol–water partition coefficient (Wildman–Crippen LogP) is 3.89. The Morgan fingerprint density at radius 2 is 1.74 bits per heavy atom. The van der Waals surface area contributed by atoms with Crippen molar-refractivity contribution in [1.82, 2.24) is 20.1 Å². The molecule has 2 aliphatic heterocycles. The zero-order valence-electron chi connectivity index (χ0n) is 17.7. The Kier molecular flexibility index (Phi) is 5.84. The van der Waals surface area contributed by atoms with Crippen LogP contribution >= 0.6 is 0 Å². The summed E-state index contributed by atoms with van der Waals surface area (Å²) in [5.74, 6) is 0.976. The summed E-state index contributed by atoms with van der Waals surface area (Å²) in [5, 5.41) is 7.97. The third kappa shape index (κ3) is 4.56. The Balaban J connectivity index is 1.13. The minimum atomic E-state index is 0.136. The van der Waals surface area contributed by atoms with E-state index in [4.69, 9.17) is 9.37 Å². The molecule has 7 nitrogen and oxygen atoms in total. The Morgan fingerprint density at radius 3 is 2.52 bits per heavy atom. The molecule has 1 aromatic heterocycles. The van der Waals surface area contributed by atoms with Crippen molar-refractivity contribution in [2.24, 2.45) is 0 Å². The molecule has 0 bridgehead atoms. The summed E-state index contributed by atoms with van der Waals surface area (Å²) in [6.45, 7) is 4.52. The van der Waals surface area contributed by atoms with Gasteiger partial charge in [0, 0.05) is 38.3 Å². The molecule has 2 fully saturated rings. The number of likely N-dealkylation sites (tertiary alicyclic amines) is 2. The molecule has 0 N–H and O–H groups in total. The Morgan fingerprint density at radius 1 is 0.968 bits per heavy atom. The van der Waals surface area contributed by atoms with Crippen LogP contribution in [-0.4, -0.2) is 58.3 Å². The molecule has 0 unspecified atom stereocenters. The molecule has 7 heteroatoms. The van der Waals surface area contributed by atoms with E-state index in [1.54, 1.807) is 0 Å². The molecular formula is C24H28N4O3. The van der Waals surface area contributed by atoms with Gasteiger partial charge in [-0.15, -0.1) is 0 Å². The minimum Gasteiger partial charge on any atom is -0.490 e. The number of aromatic nitrogens is 2. The fourth-order valence-corrected chi connectivity index (χ4v) is 4.56. The summed E-state index contributed by atoms with van der Waals surface area (Å²) in [6.07, 6.45) is 5.59. The molecule has 2 saturated heterocycles. The third-order valence-corrected chi connectivity index (χ3v) is 6.35. The molecule has 2 aromatic carbocycles. The lowest BCUT2D eigenvalue weighted by atomic mass is 10.1. The molecule has 0 atom stereocenters. The van der Waals surface area contributed by atoms with Gasteiger partial charge in [-0.1, -0.05) is 12.1 Å². The number of hydrogen-bond acceptors (Lipinski definition) is 6. The van der Waals surface area contributed by atoms with Gasteiger partial charge in [0.15, 0.2) is 0 Å². The molecule has 1 amide bonds. The molecule has 3 heterocycles. The van der Waals surface area contributed by atoms with Gasteiger partial charge in [-0.25, -0.2) is 4.63 Å². The van der Waals surface area contributed by atoms with Crippen LogP contribution in [0.3, 0.4) is 0 Å². The zero-order chi connectivity index (χ0) is 21.0.